The molecule has 0 atom stereocenters. The zero-order chi connectivity index (χ0) is 2.00. The maximum Gasteiger partial charge on any atom is -1.00 e. The topological polar surface area (TPSA) is 0 Å². The van der Waals surface area contributed by atoms with Crippen LogP contribution in [0.2, 0.25) is 5.23 Å². The molecule has 0 aliphatic rings. The minimum absolute atomic E-state index is 0. The molecule has 0 radical (unpaired) electrons. The van der Waals surface area contributed by atoms with Gasteiger partial charge in [0.1, 0.15) is 0 Å². The second-order valence-corrected chi connectivity index (χ2v) is 0. The second kappa shape index (κ2) is 28.5. The minimum Gasteiger partial charge on any atom is -1.00 e. The summed E-state index contributed by atoms with van der Waals surface area (Å²) in [5, 5.41) is 2.00. The first kappa shape index (κ1) is 24.7. The summed E-state index contributed by atoms with van der Waals surface area (Å²) in [4.78, 5) is 0. The average Bonchev–Trinajstić information content (AvgIpc) is 1.00. The van der Waals surface area contributed by atoms with Crippen molar-refractivity contribution in [2.24, 2.45) is 0 Å². The molecule has 0 rings (SSSR count). The van der Waals surface area contributed by atoms with Gasteiger partial charge in [-0.3, -0.25) is 0 Å². The number of hydrogen-bond donors (Lipinski definition) is 0. The Bertz CT molecular complexity index is 6.85. The molecule has 0 heterocycles. The average molecular weight is 444 g/mol. The standard InChI is InChI=1S/CH3.3HI.Ti/h1H3;3*1H;/q;;;;+3/p-3. The van der Waals surface area contributed by atoms with Gasteiger partial charge < -0.3 is 71.9 Å². The van der Waals surface area contributed by atoms with Crippen molar-refractivity contribution in [3.63, 3.8) is 0 Å². The first-order valence-electron chi connectivity index (χ1n) is 0.500. The van der Waals surface area contributed by atoms with E-state index >= 15 is 0 Å². The second-order valence-electron chi connectivity index (χ2n) is 0. The van der Waals surface area contributed by atoms with E-state index in [1.807, 2.05) is 25.7 Å². The summed E-state index contributed by atoms with van der Waals surface area (Å²) in [5.41, 5.74) is 0. The van der Waals surface area contributed by atoms with E-state index in [9.17, 15) is 0 Å². The van der Waals surface area contributed by atoms with Crippen molar-refractivity contribution in [3.8, 4) is 0 Å². The molecule has 0 aromatic heterocycles. The largest absolute Gasteiger partial charge is 1.00 e. The Morgan fingerprint density at radius 2 is 0.800 bits per heavy atom. The zero-order valence-electron chi connectivity index (χ0n) is 2.63. The van der Waals surface area contributed by atoms with Crippen molar-refractivity contribution in [3.05, 3.63) is 0 Å². The summed E-state index contributed by atoms with van der Waals surface area (Å²) in [7, 11) is 0. The van der Waals surface area contributed by atoms with Crippen LogP contribution in [-0.4, -0.2) is 0 Å². The van der Waals surface area contributed by atoms with E-state index in [2.05, 4.69) is 0 Å². The van der Waals surface area contributed by atoms with Crippen LogP contribution in [0.25, 0.3) is 0 Å². The molecule has 0 amide bonds. The molecule has 0 aliphatic heterocycles. The molecule has 0 fully saturated rings. The third-order valence-corrected chi connectivity index (χ3v) is 0. The van der Waals surface area contributed by atoms with Crippen LogP contribution in [0, 0.1) is 0 Å². The molecular weight excluding hydrogens is 441 g/mol. The number of rotatable bonds is 0. The van der Waals surface area contributed by atoms with Gasteiger partial charge >= 0.3 is 25.7 Å². The summed E-state index contributed by atoms with van der Waals surface area (Å²) in [5.74, 6) is 0. The molecule has 0 saturated carbocycles. The summed E-state index contributed by atoms with van der Waals surface area (Å²) in [6.45, 7) is 0. The quantitative estimate of drug-likeness (QED) is 0.258. The van der Waals surface area contributed by atoms with E-state index in [1.54, 1.807) is 0 Å². The van der Waals surface area contributed by atoms with Crippen molar-refractivity contribution in [2.45, 2.75) is 5.23 Å². The molecule has 5 heavy (non-hydrogen) atoms. The van der Waals surface area contributed by atoms with Crippen molar-refractivity contribution in [1.82, 2.24) is 0 Å². The number of halogens is 3. The number of hydrogen-bond acceptors (Lipinski definition) is 0. The molecule has 0 N–H and O–H groups in total. The van der Waals surface area contributed by atoms with Crippen LogP contribution < -0.4 is 71.9 Å². The minimum atomic E-state index is 0. The summed E-state index contributed by atoms with van der Waals surface area (Å²) >= 11 is 2.00. The predicted molar refractivity (Wildman–Crippen MR) is 5.86 cm³/mol. The van der Waals surface area contributed by atoms with E-state index in [4.69, 9.17) is 0 Å². The SMILES string of the molecule is [CH3][Ti+3].[I-].[I-].[I-]. The summed E-state index contributed by atoms with van der Waals surface area (Å²) < 4.78 is 0. The molecule has 0 saturated heterocycles. The van der Waals surface area contributed by atoms with Crippen molar-refractivity contribution >= 4 is 0 Å². The van der Waals surface area contributed by atoms with Gasteiger partial charge in [0, 0.05) is 0 Å². The normalized spacial score (nSPS) is 1.40. The molecule has 0 aromatic carbocycles. The predicted octanol–water partition coefficient (Wildman–Crippen LogP) is -8.41. The molecule has 0 unspecified atom stereocenters. The Labute approximate surface area is 95.7 Å². The van der Waals surface area contributed by atoms with Crippen molar-refractivity contribution in [1.29, 1.82) is 0 Å². The smallest absolute Gasteiger partial charge is 1.00 e. The molecule has 0 spiro atoms. The molecular formula is CH3I3Ti. The van der Waals surface area contributed by atoms with E-state index < -0.39 is 0 Å². The Hall–Kier alpha value is 2.90. The Kier molecular flexibility index (Phi) is 141. The monoisotopic (exact) mass is 444 g/mol. The first-order valence-corrected chi connectivity index (χ1v) is 2.06. The maximum absolute atomic E-state index is 2.00. The molecule has 4 heteroatoms. The van der Waals surface area contributed by atoms with Gasteiger partial charge in [-0.05, 0) is 0 Å². The Morgan fingerprint density at radius 1 is 0.800 bits per heavy atom. The molecule has 32 valence electrons. The fourth-order valence-corrected chi connectivity index (χ4v) is 0. The molecule has 0 nitrogen and oxygen atoms in total. The van der Waals surface area contributed by atoms with E-state index in [0.717, 1.165) is 0 Å². The van der Waals surface area contributed by atoms with Crippen LogP contribution in [0.3, 0.4) is 0 Å². The summed E-state index contributed by atoms with van der Waals surface area (Å²) in [6.07, 6.45) is 0. The van der Waals surface area contributed by atoms with Gasteiger partial charge in [-0.15, -0.1) is 0 Å². The van der Waals surface area contributed by atoms with Crippen LogP contribution in [0.5, 0.6) is 0 Å². The van der Waals surface area contributed by atoms with E-state index in [-0.39, 0.29) is 71.9 Å². The van der Waals surface area contributed by atoms with Crippen LogP contribution in [0.4, 0.5) is 0 Å². The first-order chi connectivity index (χ1) is 1.00. The molecule has 0 bridgehead atoms. The van der Waals surface area contributed by atoms with Gasteiger partial charge in [0.15, 0.2) is 0 Å². The third-order valence-electron chi connectivity index (χ3n) is 0. The van der Waals surface area contributed by atoms with Crippen LogP contribution in [0.15, 0.2) is 0 Å². The van der Waals surface area contributed by atoms with Gasteiger partial charge in [0.2, 0.25) is 0 Å². The third kappa shape index (κ3) is 19.7. The summed E-state index contributed by atoms with van der Waals surface area (Å²) in [6, 6.07) is 0. The van der Waals surface area contributed by atoms with Gasteiger partial charge in [-0.2, -0.15) is 0 Å². The van der Waals surface area contributed by atoms with Crippen molar-refractivity contribution < 1.29 is 92.4 Å². The Balaban J connectivity index is -0.00000000167. The Morgan fingerprint density at radius 3 is 0.800 bits per heavy atom. The van der Waals surface area contributed by atoms with Gasteiger partial charge in [-0.1, -0.05) is 0 Å². The van der Waals surface area contributed by atoms with Gasteiger partial charge in [0.25, 0.3) is 0 Å². The van der Waals surface area contributed by atoms with Gasteiger partial charge in [0.05, 0.1) is 0 Å². The fourth-order valence-electron chi connectivity index (χ4n) is 0. The van der Waals surface area contributed by atoms with Gasteiger partial charge in [-0.25, -0.2) is 0 Å². The maximum atomic E-state index is 2.00. The van der Waals surface area contributed by atoms with Crippen molar-refractivity contribution in [2.75, 3.05) is 0 Å². The fraction of sp³-hybridized carbons (Fsp3) is 1.00. The van der Waals surface area contributed by atoms with Crippen LogP contribution >= 0.6 is 0 Å². The van der Waals surface area contributed by atoms with Crippen LogP contribution in [0.1, 0.15) is 0 Å². The van der Waals surface area contributed by atoms with E-state index in [1.165, 1.54) is 0 Å². The van der Waals surface area contributed by atoms with Crippen LogP contribution in [-0.2, 0) is 20.4 Å². The molecule has 0 aromatic rings. The zero-order valence-corrected chi connectivity index (χ0v) is 10.7. The molecule has 0 aliphatic carbocycles. The van der Waals surface area contributed by atoms with E-state index in [0.29, 0.717) is 0 Å².